The van der Waals surface area contributed by atoms with Crippen molar-refractivity contribution in [1.29, 1.82) is 0 Å². The molecule has 1 aromatic carbocycles. The van der Waals surface area contributed by atoms with Gasteiger partial charge >= 0.3 is 0 Å². The second-order valence-corrected chi connectivity index (χ2v) is 5.35. The maximum absolute atomic E-state index is 12.2. The molecule has 1 aliphatic rings. The number of fused-ring (bicyclic) bond motifs is 1. The third kappa shape index (κ3) is 2.77. The van der Waals surface area contributed by atoms with Crippen molar-refractivity contribution < 1.29 is 4.74 Å². The van der Waals surface area contributed by atoms with Crippen molar-refractivity contribution in [3.05, 3.63) is 51.4 Å². The van der Waals surface area contributed by atoms with E-state index in [1.165, 1.54) is 4.68 Å². The fourth-order valence-corrected chi connectivity index (χ4v) is 2.65. The maximum atomic E-state index is 12.2. The first kappa shape index (κ1) is 13.7. The van der Waals surface area contributed by atoms with Gasteiger partial charge in [-0.1, -0.05) is 17.7 Å². The normalized spacial score (nSPS) is 13.4. The second kappa shape index (κ2) is 5.60. The first-order valence-electron chi connectivity index (χ1n) is 7.16. The number of ether oxygens (including phenoxy) is 1. The van der Waals surface area contributed by atoms with Crippen molar-refractivity contribution in [3.63, 3.8) is 0 Å². The maximum Gasteiger partial charge on any atom is 0.269 e. The van der Waals surface area contributed by atoms with Gasteiger partial charge in [0, 0.05) is 18.2 Å². The van der Waals surface area contributed by atoms with Gasteiger partial charge in [0.1, 0.15) is 5.75 Å². The summed E-state index contributed by atoms with van der Waals surface area (Å²) in [5.41, 5.74) is 3.85. The van der Waals surface area contributed by atoms with Crippen LogP contribution in [0.5, 0.6) is 5.75 Å². The molecular formula is C16H19N3O2. The fraction of sp³-hybridized carbons (Fsp3) is 0.375. The summed E-state index contributed by atoms with van der Waals surface area (Å²) in [6.45, 7) is 3.36. The molecule has 0 amide bonds. The zero-order valence-corrected chi connectivity index (χ0v) is 12.3. The van der Waals surface area contributed by atoms with Crippen molar-refractivity contribution in [2.45, 2.75) is 26.3 Å². The predicted molar refractivity (Wildman–Crippen MR) is 82.1 cm³/mol. The first-order valence-corrected chi connectivity index (χ1v) is 7.16. The molecule has 5 nitrogen and oxygen atoms in total. The van der Waals surface area contributed by atoms with Gasteiger partial charge in [0.2, 0.25) is 0 Å². The lowest BCUT2D eigenvalue weighted by Crippen LogP contribution is -2.27. The Morgan fingerprint density at radius 3 is 3.05 bits per heavy atom. The van der Waals surface area contributed by atoms with Crippen LogP contribution in [0.4, 0.5) is 5.69 Å². The van der Waals surface area contributed by atoms with E-state index in [0.29, 0.717) is 6.54 Å². The van der Waals surface area contributed by atoms with Gasteiger partial charge < -0.3 is 10.1 Å². The van der Waals surface area contributed by atoms with Crippen LogP contribution in [-0.4, -0.2) is 23.4 Å². The lowest BCUT2D eigenvalue weighted by Gasteiger charge is -2.18. The molecule has 0 radical (unpaired) electrons. The molecule has 0 unspecified atom stereocenters. The molecule has 0 atom stereocenters. The van der Waals surface area contributed by atoms with Crippen molar-refractivity contribution in [1.82, 2.24) is 9.78 Å². The molecule has 0 saturated heterocycles. The highest BCUT2D eigenvalue weighted by Gasteiger charge is 2.14. The van der Waals surface area contributed by atoms with Crippen molar-refractivity contribution in [2.24, 2.45) is 0 Å². The molecule has 1 aliphatic heterocycles. The quantitative estimate of drug-likeness (QED) is 0.936. The average molecular weight is 285 g/mol. The summed E-state index contributed by atoms with van der Waals surface area (Å²) < 4.78 is 6.89. The van der Waals surface area contributed by atoms with Crippen molar-refractivity contribution in [2.75, 3.05) is 19.0 Å². The van der Waals surface area contributed by atoms with Crippen LogP contribution in [-0.2, 0) is 13.0 Å². The molecule has 3 rings (SSSR count). The molecule has 0 fully saturated rings. The monoisotopic (exact) mass is 285 g/mol. The third-order valence-corrected chi connectivity index (χ3v) is 3.74. The Bertz CT molecular complexity index is 722. The Labute approximate surface area is 123 Å². The number of nitrogens with one attached hydrogen (secondary N) is 1. The molecule has 21 heavy (non-hydrogen) atoms. The second-order valence-electron chi connectivity index (χ2n) is 5.35. The van der Waals surface area contributed by atoms with Crippen LogP contribution in [0.2, 0.25) is 0 Å². The average Bonchev–Trinajstić information content (AvgIpc) is 2.48. The molecule has 0 bridgehead atoms. The van der Waals surface area contributed by atoms with Gasteiger partial charge in [-0.25, -0.2) is 4.68 Å². The number of nitrogens with zero attached hydrogens (tertiary/aromatic N) is 2. The molecule has 5 heteroatoms. The Morgan fingerprint density at radius 1 is 1.38 bits per heavy atom. The van der Waals surface area contributed by atoms with E-state index in [1.54, 1.807) is 13.2 Å². The number of rotatable bonds is 3. The van der Waals surface area contributed by atoms with Crippen LogP contribution in [0.3, 0.4) is 0 Å². The Kier molecular flexibility index (Phi) is 3.64. The van der Waals surface area contributed by atoms with E-state index in [0.717, 1.165) is 47.6 Å². The SMILES string of the molecule is COc1ccc(C)cc1Cn1nc2c(cc1=O)NCCC2. The van der Waals surface area contributed by atoms with Crippen molar-refractivity contribution >= 4 is 5.69 Å². The summed E-state index contributed by atoms with van der Waals surface area (Å²) in [4.78, 5) is 12.2. The van der Waals surface area contributed by atoms with Gasteiger partial charge in [-0.15, -0.1) is 0 Å². The predicted octanol–water partition coefficient (Wildman–Crippen LogP) is 1.97. The molecule has 0 aliphatic carbocycles. The standard InChI is InChI=1S/C16H19N3O2/c1-11-5-6-15(21-2)12(8-11)10-19-16(20)9-14-13(18-19)4-3-7-17-14/h5-6,8-9,17H,3-4,7,10H2,1-2H3. The fourth-order valence-electron chi connectivity index (χ4n) is 2.65. The molecule has 0 spiro atoms. The molecule has 1 aromatic heterocycles. The number of methoxy groups -OCH3 is 1. The zero-order chi connectivity index (χ0) is 14.8. The summed E-state index contributed by atoms with van der Waals surface area (Å²) in [5, 5.41) is 7.72. The van der Waals surface area contributed by atoms with Crippen LogP contribution in [0, 0.1) is 6.92 Å². The van der Waals surface area contributed by atoms with E-state index >= 15 is 0 Å². The van der Waals surface area contributed by atoms with E-state index in [1.807, 2.05) is 25.1 Å². The van der Waals surface area contributed by atoms with E-state index in [-0.39, 0.29) is 5.56 Å². The van der Waals surface area contributed by atoms with Gasteiger partial charge in [-0.05, 0) is 25.8 Å². The van der Waals surface area contributed by atoms with Crippen LogP contribution >= 0.6 is 0 Å². The minimum atomic E-state index is -0.0910. The number of hydrogen-bond donors (Lipinski definition) is 1. The topological polar surface area (TPSA) is 56.2 Å². The van der Waals surface area contributed by atoms with Crippen LogP contribution < -0.4 is 15.6 Å². The molecule has 110 valence electrons. The largest absolute Gasteiger partial charge is 0.496 e. The molecule has 2 heterocycles. The van der Waals surface area contributed by atoms with Crippen molar-refractivity contribution in [3.8, 4) is 5.75 Å². The minimum absolute atomic E-state index is 0.0910. The number of hydrogen-bond acceptors (Lipinski definition) is 4. The number of anilines is 1. The van der Waals surface area contributed by atoms with Crippen LogP contribution in [0.1, 0.15) is 23.2 Å². The summed E-state index contributed by atoms with van der Waals surface area (Å²) >= 11 is 0. The van der Waals surface area contributed by atoms with E-state index in [4.69, 9.17) is 4.74 Å². The summed E-state index contributed by atoms with van der Waals surface area (Å²) in [7, 11) is 1.64. The Balaban J connectivity index is 1.98. The highest BCUT2D eigenvalue weighted by atomic mass is 16.5. The lowest BCUT2D eigenvalue weighted by atomic mass is 10.1. The smallest absolute Gasteiger partial charge is 0.269 e. The van der Waals surface area contributed by atoms with Crippen LogP contribution in [0.15, 0.2) is 29.1 Å². The van der Waals surface area contributed by atoms with E-state index < -0.39 is 0 Å². The zero-order valence-electron chi connectivity index (χ0n) is 12.3. The summed E-state index contributed by atoms with van der Waals surface area (Å²) in [6, 6.07) is 7.60. The van der Waals surface area contributed by atoms with Gasteiger partial charge in [0.05, 0.1) is 25.0 Å². The van der Waals surface area contributed by atoms with Gasteiger partial charge in [0.25, 0.3) is 5.56 Å². The van der Waals surface area contributed by atoms with E-state index in [2.05, 4.69) is 10.4 Å². The van der Waals surface area contributed by atoms with Gasteiger partial charge in [-0.3, -0.25) is 4.79 Å². The minimum Gasteiger partial charge on any atom is -0.496 e. The molecular weight excluding hydrogens is 266 g/mol. The number of aromatic nitrogens is 2. The van der Waals surface area contributed by atoms with Gasteiger partial charge in [-0.2, -0.15) is 5.10 Å². The number of aryl methyl sites for hydroxylation is 2. The molecule has 1 N–H and O–H groups in total. The highest BCUT2D eigenvalue weighted by Crippen LogP contribution is 2.21. The summed E-state index contributed by atoms with van der Waals surface area (Å²) in [6.07, 6.45) is 1.96. The Morgan fingerprint density at radius 2 is 2.24 bits per heavy atom. The third-order valence-electron chi connectivity index (χ3n) is 3.74. The highest BCUT2D eigenvalue weighted by molar-refractivity contribution is 5.48. The van der Waals surface area contributed by atoms with Gasteiger partial charge in [0.15, 0.2) is 0 Å². The summed E-state index contributed by atoms with van der Waals surface area (Å²) in [5.74, 6) is 0.783. The Hall–Kier alpha value is -2.30. The first-order chi connectivity index (χ1) is 10.2. The molecule has 2 aromatic rings. The lowest BCUT2D eigenvalue weighted by molar-refractivity contribution is 0.406. The molecule has 0 saturated carbocycles. The van der Waals surface area contributed by atoms with E-state index in [9.17, 15) is 4.79 Å². The van der Waals surface area contributed by atoms with Crippen LogP contribution in [0.25, 0.3) is 0 Å². The number of benzene rings is 1.